The van der Waals surface area contributed by atoms with Crippen molar-refractivity contribution < 1.29 is 13.2 Å². The average molecular weight is 510 g/mol. The molecule has 0 aliphatic carbocycles. The quantitative estimate of drug-likeness (QED) is 0.583. The number of benzene rings is 2. The minimum absolute atomic E-state index is 0.148. The van der Waals surface area contributed by atoms with Crippen molar-refractivity contribution in [3.63, 3.8) is 0 Å². The van der Waals surface area contributed by atoms with Crippen LogP contribution in [0.4, 0.5) is 11.4 Å². The fourth-order valence-corrected chi connectivity index (χ4v) is 6.68. The Hall–Kier alpha value is -1.80. The fourth-order valence-electron chi connectivity index (χ4n) is 4.49. The Morgan fingerprint density at radius 2 is 1.70 bits per heavy atom. The van der Waals surface area contributed by atoms with Crippen molar-refractivity contribution in [1.82, 2.24) is 4.31 Å². The van der Waals surface area contributed by atoms with E-state index in [4.69, 9.17) is 23.2 Å². The van der Waals surface area contributed by atoms with Gasteiger partial charge in [0.15, 0.2) is 0 Å². The molecule has 0 aromatic heterocycles. The first-order valence-electron chi connectivity index (χ1n) is 11.4. The molecule has 1 N–H and O–H groups in total. The Kier molecular flexibility index (Phi) is 7.84. The zero-order valence-electron chi connectivity index (χ0n) is 18.5. The summed E-state index contributed by atoms with van der Waals surface area (Å²) in [5, 5.41) is 3.75. The van der Waals surface area contributed by atoms with Crippen molar-refractivity contribution in [2.45, 2.75) is 37.9 Å². The first-order valence-corrected chi connectivity index (χ1v) is 13.8. The summed E-state index contributed by atoms with van der Waals surface area (Å²) in [5.74, 6) is -0.754. The second-order valence-corrected chi connectivity index (χ2v) is 11.6. The molecule has 2 aromatic rings. The van der Waals surface area contributed by atoms with Crippen LogP contribution in [0, 0.1) is 5.92 Å². The molecule has 2 fully saturated rings. The molecule has 0 radical (unpaired) electrons. The van der Waals surface area contributed by atoms with Crippen molar-refractivity contribution in [3.8, 4) is 0 Å². The predicted octanol–water partition coefficient (Wildman–Crippen LogP) is 5.16. The lowest BCUT2D eigenvalue weighted by molar-refractivity contribution is -0.120. The summed E-state index contributed by atoms with van der Waals surface area (Å²) < 4.78 is 27.4. The van der Waals surface area contributed by atoms with Crippen LogP contribution in [0.25, 0.3) is 0 Å². The van der Waals surface area contributed by atoms with Crippen molar-refractivity contribution in [2.24, 2.45) is 5.92 Å². The molecule has 1 atom stereocenters. The van der Waals surface area contributed by atoms with Crippen molar-refractivity contribution in [1.29, 1.82) is 0 Å². The Morgan fingerprint density at radius 3 is 2.39 bits per heavy atom. The second-order valence-electron chi connectivity index (χ2n) is 8.77. The van der Waals surface area contributed by atoms with E-state index in [-0.39, 0.29) is 18.2 Å². The molecule has 2 heterocycles. The van der Waals surface area contributed by atoms with Gasteiger partial charge >= 0.3 is 0 Å². The highest BCUT2D eigenvalue weighted by Crippen LogP contribution is 2.27. The van der Waals surface area contributed by atoms with E-state index in [0.717, 1.165) is 18.8 Å². The fraction of sp³-hybridized carbons (Fsp3) is 0.458. The van der Waals surface area contributed by atoms with Gasteiger partial charge in [-0.3, -0.25) is 4.79 Å². The molecule has 0 unspecified atom stereocenters. The molecule has 9 heteroatoms. The number of hydrogen-bond acceptors (Lipinski definition) is 4. The first-order chi connectivity index (χ1) is 15.8. The first kappa shape index (κ1) is 24.3. The zero-order chi connectivity index (χ0) is 23.4. The molecule has 2 saturated heterocycles. The monoisotopic (exact) mass is 509 g/mol. The Bertz CT molecular complexity index is 1090. The molecule has 178 valence electrons. The molecule has 6 nitrogen and oxygen atoms in total. The van der Waals surface area contributed by atoms with E-state index in [1.54, 1.807) is 12.1 Å². The van der Waals surface area contributed by atoms with E-state index in [2.05, 4.69) is 10.2 Å². The number of sulfonamides is 1. The topological polar surface area (TPSA) is 69.7 Å². The van der Waals surface area contributed by atoms with Gasteiger partial charge in [0.1, 0.15) is 0 Å². The lowest BCUT2D eigenvalue weighted by Gasteiger charge is -2.31. The minimum atomic E-state index is -3.61. The normalized spacial score (nSPS) is 19.9. The highest BCUT2D eigenvalue weighted by molar-refractivity contribution is 7.88. The van der Waals surface area contributed by atoms with Crippen LogP contribution in [0.3, 0.4) is 0 Å². The van der Waals surface area contributed by atoms with Crippen molar-refractivity contribution >= 4 is 50.5 Å². The summed E-state index contributed by atoms with van der Waals surface area (Å²) in [6.07, 6.45) is 5.00. The number of nitrogens with zero attached hydrogens (tertiary/aromatic N) is 2. The lowest BCUT2D eigenvalue weighted by atomic mass is 9.98. The molecule has 1 amide bonds. The molecule has 2 aromatic carbocycles. The summed E-state index contributed by atoms with van der Waals surface area (Å²) in [6.45, 7) is 2.71. The van der Waals surface area contributed by atoms with Crippen LogP contribution >= 0.6 is 23.2 Å². The summed E-state index contributed by atoms with van der Waals surface area (Å²) >= 11 is 12.1. The van der Waals surface area contributed by atoms with Crippen LogP contribution < -0.4 is 10.2 Å². The highest BCUT2D eigenvalue weighted by Gasteiger charge is 2.32. The number of hydrogen-bond donors (Lipinski definition) is 1. The number of carbonyl (C=O) groups excluding carboxylic acids is 1. The maximum Gasteiger partial charge on any atom is 0.228 e. The lowest BCUT2D eigenvalue weighted by Crippen LogP contribution is -2.44. The average Bonchev–Trinajstić information content (AvgIpc) is 2.82. The van der Waals surface area contributed by atoms with Gasteiger partial charge in [0.25, 0.3) is 0 Å². The Morgan fingerprint density at radius 1 is 0.970 bits per heavy atom. The highest BCUT2D eigenvalue weighted by atomic mass is 35.5. The van der Waals surface area contributed by atoms with Gasteiger partial charge in [0.05, 0.1) is 11.7 Å². The number of nitrogens with one attached hydrogen (secondary N) is 1. The standard InChI is InChI=1S/C24H29Cl2N3O3S/c25-20-7-6-19(23(26)15-20)17-33(31,32)29-14-4-5-18(16-29)24(30)27-21-8-10-22(11-9-21)28-12-2-1-3-13-28/h6-11,15,18H,1-5,12-14,16-17H2,(H,27,30)/t18-/m1/s1. The molecule has 2 aliphatic rings. The second kappa shape index (κ2) is 10.6. The number of halogens is 2. The van der Waals surface area contributed by atoms with E-state index >= 15 is 0 Å². The van der Waals surface area contributed by atoms with Gasteiger partial charge in [0.2, 0.25) is 15.9 Å². The third-order valence-corrected chi connectivity index (χ3v) is 8.74. The van der Waals surface area contributed by atoms with E-state index < -0.39 is 15.9 Å². The van der Waals surface area contributed by atoms with Crippen LogP contribution in [0.2, 0.25) is 10.0 Å². The number of rotatable bonds is 6. The molecular formula is C24H29Cl2N3O3S. The van der Waals surface area contributed by atoms with Crippen LogP contribution in [0.1, 0.15) is 37.7 Å². The molecule has 33 heavy (non-hydrogen) atoms. The van der Waals surface area contributed by atoms with Gasteiger partial charge < -0.3 is 10.2 Å². The molecule has 0 bridgehead atoms. The van der Waals surface area contributed by atoms with Crippen molar-refractivity contribution in [3.05, 3.63) is 58.1 Å². The van der Waals surface area contributed by atoms with Gasteiger partial charge in [-0.05, 0) is 74.1 Å². The summed E-state index contributed by atoms with van der Waals surface area (Å²) in [7, 11) is -3.61. The number of anilines is 2. The third-order valence-electron chi connectivity index (χ3n) is 6.36. The number of amides is 1. The molecule has 0 spiro atoms. The zero-order valence-corrected chi connectivity index (χ0v) is 20.8. The minimum Gasteiger partial charge on any atom is -0.372 e. The predicted molar refractivity (Wildman–Crippen MR) is 135 cm³/mol. The number of carbonyl (C=O) groups is 1. The SMILES string of the molecule is O=C(Nc1ccc(N2CCCCC2)cc1)[C@@H]1CCCN(S(=O)(=O)Cc2ccc(Cl)cc2Cl)C1. The van der Waals surface area contributed by atoms with Crippen LogP contribution in [-0.2, 0) is 20.6 Å². The Balaban J connectivity index is 1.36. The third kappa shape index (κ3) is 6.21. The maximum absolute atomic E-state index is 13.0. The maximum atomic E-state index is 13.0. The van der Waals surface area contributed by atoms with Crippen LogP contribution in [0.5, 0.6) is 0 Å². The van der Waals surface area contributed by atoms with E-state index in [1.807, 2.05) is 24.3 Å². The van der Waals surface area contributed by atoms with Gasteiger partial charge in [-0.25, -0.2) is 12.7 Å². The van der Waals surface area contributed by atoms with E-state index in [0.29, 0.717) is 35.0 Å². The van der Waals surface area contributed by atoms with Gasteiger partial charge in [-0.15, -0.1) is 0 Å². The van der Waals surface area contributed by atoms with Crippen LogP contribution in [-0.4, -0.2) is 44.8 Å². The van der Waals surface area contributed by atoms with Gasteiger partial charge in [-0.1, -0.05) is 29.3 Å². The Labute approximate surface area is 205 Å². The molecule has 0 saturated carbocycles. The van der Waals surface area contributed by atoms with E-state index in [1.165, 1.54) is 35.3 Å². The molecule has 4 rings (SSSR count). The summed E-state index contributed by atoms with van der Waals surface area (Å²) in [6, 6.07) is 12.7. The molecule has 2 aliphatic heterocycles. The largest absolute Gasteiger partial charge is 0.372 e. The van der Waals surface area contributed by atoms with Gasteiger partial charge in [-0.2, -0.15) is 0 Å². The van der Waals surface area contributed by atoms with Gasteiger partial charge in [0, 0.05) is 47.6 Å². The van der Waals surface area contributed by atoms with E-state index in [9.17, 15) is 13.2 Å². The molecular weight excluding hydrogens is 481 g/mol. The van der Waals surface area contributed by atoms with Crippen LogP contribution in [0.15, 0.2) is 42.5 Å². The smallest absolute Gasteiger partial charge is 0.228 e. The summed E-state index contributed by atoms with van der Waals surface area (Å²) in [4.78, 5) is 15.3. The number of piperidine rings is 2. The van der Waals surface area contributed by atoms with Crippen molar-refractivity contribution in [2.75, 3.05) is 36.4 Å². The summed E-state index contributed by atoms with van der Waals surface area (Å²) in [5.41, 5.74) is 2.40.